The molecule has 0 aromatic heterocycles. The summed E-state index contributed by atoms with van der Waals surface area (Å²) in [5, 5.41) is 18.5. The number of β-amino-alcohol motifs (C(OH)–C–C–N with tert-alkyl or cyclic N) is 1. The van der Waals surface area contributed by atoms with Gasteiger partial charge in [0.15, 0.2) is 0 Å². The molecule has 2 rings (SSSR count). The Labute approximate surface area is 98.1 Å². The largest absolute Gasteiger partial charge is 0.386 e. The molecule has 0 radical (unpaired) electrons. The molecule has 0 aromatic rings. The molecular weight excluding hydrogens is 200 g/mol. The van der Waals surface area contributed by atoms with Crippen molar-refractivity contribution >= 4 is 0 Å². The molecule has 2 fully saturated rings. The normalized spacial score (nSPS) is 34.1. The topological polar surface area (TPSA) is 47.3 Å². The lowest BCUT2D eigenvalue weighted by Crippen LogP contribution is -2.62. The molecule has 3 heteroatoms. The van der Waals surface area contributed by atoms with E-state index in [9.17, 15) is 5.11 Å². The van der Waals surface area contributed by atoms with Crippen LogP contribution in [0.25, 0.3) is 0 Å². The third-order valence-electron chi connectivity index (χ3n) is 4.23. The maximum Gasteiger partial charge on any atom is 0.103 e. The lowest BCUT2D eigenvalue weighted by molar-refractivity contribution is -0.102. The average Bonchev–Trinajstić information content (AvgIpc) is 2.19. The van der Waals surface area contributed by atoms with Crippen LogP contribution in [0, 0.1) is 23.2 Å². The number of nitrogens with zero attached hydrogens (tertiary/aromatic N) is 2. The molecule has 0 spiro atoms. The summed E-state index contributed by atoms with van der Waals surface area (Å²) in [6.45, 7) is 4.87. The Kier molecular flexibility index (Phi) is 3.51. The second-order valence-corrected chi connectivity index (χ2v) is 5.75. The van der Waals surface area contributed by atoms with Crippen LogP contribution >= 0.6 is 0 Å². The second kappa shape index (κ2) is 4.73. The Morgan fingerprint density at radius 2 is 2.06 bits per heavy atom. The zero-order valence-corrected chi connectivity index (χ0v) is 10.2. The molecule has 0 bridgehead atoms. The first-order valence-electron chi connectivity index (χ1n) is 6.45. The van der Waals surface area contributed by atoms with Crippen LogP contribution in [0.4, 0.5) is 0 Å². The lowest BCUT2D eigenvalue weighted by atomic mass is 9.79. The summed E-state index contributed by atoms with van der Waals surface area (Å²) in [6.07, 6.45) is 5.74. The minimum absolute atomic E-state index is 0.281. The maximum atomic E-state index is 9.91. The van der Waals surface area contributed by atoms with Crippen LogP contribution in [-0.4, -0.2) is 35.2 Å². The fourth-order valence-corrected chi connectivity index (χ4v) is 3.17. The van der Waals surface area contributed by atoms with Gasteiger partial charge in [-0.1, -0.05) is 26.2 Å². The van der Waals surface area contributed by atoms with E-state index in [0.717, 1.165) is 18.4 Å². The van der Waals surface area contributed by atoms with Crippen LogP contribution in [0.15, 0.2) is 0 Å². The molecule has 1 aliphatic carbocycles. The van der Waals surface area contributed by atoms with Gasteiger partial charge < -0.3 is 5.11 Å². The molecule has 0 unspecified atom stereocenters. The van der Waals surface area contributed by atoms with Gasteiger partial charge in [-0.2, -0.15) is 5.26 Å². The fourth-order valence-electron chi connectivity index (χ4n) is 3.17. The number of hydrogen-bond donors (Lipinski definition) is 1. The molecular formula is C13H22N2O. The third kappa shape index (κ3) is 2.56. The van der Waals surface area contributed by atoms with Gasteiger partial charge in [-0.3, -0.25) is 4.90 Å². The van der Waals surface area contributed by atoms with Gasteiger partial charge in [-0.05, 0) is 18.3 Å². The zero-order chi connectivity index (χ0) is 11.6. The first kappa shape index (κ1) is 11.9. The van der Waals surface area contributed by atoms with Crippen molar-refractivity contribution in [2.75, 3.05) is 19.6 Å². The van der Waals surface area contributed by atoms with E-state index in [1.165, 1.54) is 25.7 Å². The molecule has 0 aromatic carbocycles. The number of aliphatic hydroxyl groups is 1. The molecule has 1 saturated heterocycles. The maximum absolute atomic E-state index is 9.91. The van der Waals surface area contributed by atoms with Gasteiger partial charge in [0.25, 0.3) is 0 Å². The molecule has 3 nitrogen and oxygen atoms in total. The van der Waals surface area contributed by atoms with Crippen LogP contribution in [0.5, 0.6) is 0 Å². The van der Waals surface area contributed by atoms with E-state index in [4.69, 9.17) is 5.26 Å². The number of rotatable bonds is 3. The molecule has 2 atom stereocenters. The van der Waals surface area contributed by atoms with Gasteiger partial charge in [0.1, 0.15) is 5.60 Å². The van der Waals surface area contributed by atoms with Crippen molar-refractivity contribution in [3.05, 3.63) is 0 Å². The van der Waals surface area contributed by atoms with E-state index in [0.29, 0.717) is 13.1 Å². The predicted octanol–water partition coefficient (Wildman–Crippen LogP) is 1.77. The minimum Gasteiger partial charge on any atom is -0.386 e. The van der Waals surface area contributed by atoms with Crippen molar-refractivity contribution in [2.45, 2.75) is 44.6 Å². The lowest BCUT2D eigenvalue weighted by Gasteiger charge is -2.47. The first-order chi connectivity index (χ1) is 7.63. The van der Waals surface area contributed by atoms with Crippen LogP contribution in [-0.2, 0) is 0 Å². The first-order valence-corrected chi connectivity index (χ1v) is 6.45. The van der Waals surface area contributed by atoms with Gasteiger partial charge in [-0.15, -0.1) is 0 Å². The highest BCUT2D eigenvalue weighted by Crippen LogP contribution is 2.33. The molecule has 1 aliphatic heterocycles. The highest BCUT2D eigenvalue weighted by molar-refractivity contribution is 5.01. The van der Waals surface area contributed by atoms with Crippen molar-refractivity contribution < 1.29 is 5.11 Å². The van der Waals surface area contributed by atoms with Crippen LogP contribution in [0.3, 0.4) is 0 Å². The Balaban J connectivity index is 1.74. The Bertz CT molecular complexity index is 278. The Morgan fingerprint density at radius 3 is 2.69 bits per heavy atom. The predicted molar refractivity (Wildman–Crippen MR) is 62.7 cm³/mol. The summed E-state index contributed by atoms with van der Waals surface area (Å²) in [4.78, 5) is 2.31. The van der Waals surface area contributed by atoms with Gasteiger partial charge in [0.2, 0.25) is 0 Å². The summed E-state index contributed by atoms with van der Waals surface area (Å²) in [5.74, 6) is 1.64. The molecule has 1 heterocycles. The zero-order valence-electron chi connectivity index (χ0n) is 10.2. The molecule has 16 heavy (non-hydrogen) atoms. The number of nitriles is 1. The monoisotopic (exact) mass is 222 g/mol. The fraction of sp³-hybridized carbons (Fsp3) is 0.923. The van der Waals surface area contributed by atoms with E-state index < -0.39 is 5.60 Å². The Hall–Kier alpha value is -0.590. The van der Waals surface area contributed by atoms with Crippen molar-refractivity contribution in [3.8, 4) is 6.07 Å². The van der Waals surface area contributed by atoms with E-state index in [-0.39, 0.29) is 6.42 Å². The molecule has 2 aliphatic rings. The third-order valence-corrected chi connectivity index (χ3v) is 4.23. The minimum atomic E-state index is -0.702. The van der Waals surface area contributed by atoms with Crippen LogP contribution < -0.4 is 0 Å². The van der Waals surface area contributed by atoms with E-state index in [1.54, 1.807) is 0 Å². The Morgan fingerprint density at radius 1 is 1.38 bits per heavy atom. The van der Waals surface area contributed by atoms with Crippen LogP contribution in [0.2, 0.25) is 0 Å². The van der Waals surface area contributed by atoms with E-state index >= 15 is 0 Å². The van der Waals surface area contributed by atoms with Crippen molar-refractivity contribution in [1.29, 1.82) is 5.26 Å². The van der Waals surface area contributed by atoms with Gasteiger partial charge in [-0.25, -0.2) is 0 Å². The summed E-state index contributed by atoms with van der Waals surface area (Å²) in [7, 11) is 0. The van der Waals surface area contributed by atoms with Crippen molar-refractivity contribution in [2.24, 2.45) is 11.8 Å². The summed E-state index contributed by atoms with van der Waals surface area (Å²) in [5.41, 5.74) is -0.702. The standard InChI is InChI=1S/C13H22N2O/c1-11-4-2-3-5-12(11)8-15-9-13(16,10-15)6-7-14/h11-12,16H,2-6,8-10H2,1H3/t11-,12+/m1/s1. The van der Waals surface area contributed by atoms with Crippen LogP contribution in [0.1, 0.15) is 39.0 Å². The molecule has 1 N–H and O–H groups in total. The van der Waals surface area contributed by atoms with Crippen molar-refractivity contribution in [3.63, 3.8) is 0 Å². The van der Waals surface area contributed by atoms with Gasteiger partial charge >= 0.3 is 0 Å². The highest BCUT2D eigenvalue weighted by atomic mass is 16.3. The summed E-state index contributed by atoms with van der Waals surface area (Å²) >= 11 is 0. The van der Waals surface area contributed by atoms with Gasteiger partial charge in [0, 0.05) is 19.6 Å². The van der Waals surface area contributed by atoms with Gasteiger partial charge in [0.05, 0.1) is 12.5 Å². The second-order valence-electron chi connectivity index (χ2n) is 5.75. The average molecular weight is 222 g/mol. The summed E-state index contributed by atoms with van der Waals surface area (Å²) < 4.78 is 0. The number of hydrogen-bond acceptors (Lipinski definition) is 3. The van der Waals surface area contributed by atoms with E-state index in [2.05, 4.69) is 17.9 Å². The van der Waals surface area contributed by atoms with Crippen molar-refractivity contribution in [1.82, 2.24) is 4.90 Å². The number of likely N-dealkylation sites (tertiary alicyclic amines) is 1. The van der Waals surface area contributed by atoms with E-state index in [1.807, 2.05) is 0 Å². The molecule has 90 valence electrons. The SMILES string of the molecule is C[C@@H]1CCCC[C@H]1CN1CC(O)(CC#N)C1. The quantitative estimate of drug-likeness (QED) is 0.791. The highest BCUT2D eigenvalue weighted by Gasteiger charge is 2.41. The molecule has 1 saturated carbocycles. The molecule has 0 amide bonds. The summed E-state index contributed by atoms with van der Waals surface area (Å²) in [6, 6.07) is 2.07. The smallest absolute Gasteiger partial charge is 0.103 e.